The van der Waals surface area contributed by atoms with Crippen LogP contribution in [0.25, 0.3) is 17.1 Å². The van der Waals surface area contributed by atoms with Crippen molar-refractivity contribution in [3.63, 3.8) is 0 Å². The molecule has 0 saturated heterocycles. The number of rotatable bonds is 5. The Kier molecular flexibility index (Phi) is 5.06. The Morgan fingerprint density at radius 3 is 2.66 bits per heavy atom. The molecule has 0 bridgehead atoms. The first-order valence-electron chi connectivity index (χ1n) is 9.06. The van der Waals surface area contributed by atoms with E-state index in [0.29, 0.717) is 28.3 Å². The zero-order valence-corrected chi connectivity index (χ0v) is 17.1. The van der Waals surface area contributed by atoms with Gasteiger partial charge < -0.3 is 4.52 Å². The van der Waals surface area contributed by atoms with E-state index >= 15 is 0 Å². The number of pyridine rings is 1. The predicted molar refractivity (Wildman–Crippen MR) is 110 cm³/mol. The molecule has 0 saturated carbocycles. The summed E-state index contributed by atoms with van der Waals surface area (Å²) in [6, 6.07) is 11.7. The summed E-state index contributed by atoms with van der Waals surface area (Å²) in [6.07, 6.45) is 3.25. The number of hydrogen-bond acceptors (Lipinski definition) is 7. The predicted octanol–water partition coefficient (Wildman–Crippen LogP) is 3.60. The third-order valence-corrected chi connectivity index (χ3v) is 5.27. The Labute approximate surface area is 171 Å². The molecule has 0 spiro atoms. The average molecular weight is 408 g/mol. The number of nitrogens with one attached hydrogen (secondary N) is 1. The molecular weight excluding hydrogens is 388 g/mol. The minimum atomic E-state index is -0.328. The van der Waals surface area contributed by atoms with Gasteiger partial charge in [-0.05, 0) is 23.1 Å². The van der Waals surface area contributed by atoms with E-state index in [1.54, 1.807) is 24.5 Å². The molecule has 0 fully saturated rings. The Bertz CT molecular complexity index is 1160. The first-order valence-corrected chi connectivity index (χ1v) is 10.0. The molecule has 29 heavy (non-hydrogen) atoms. The molecule has 3 aromatic heterocycles. The van der Waals surface area contributed by atoms with Crippen LogP contribution in [0.5, 0.6) is 0 Å². The maximum atomic E-state index is 12.1. The SMILES string of the molecule is CC(C)(C)c1ccc(-c2noc(CSc3n[nH]c(=O)n3-c3cccnc3)n2)cc1. The summed E-state index contributed by atoms with van der Waals surface area (Å²) in [5.74, 6) is 1.38. The summed E-state index contributed by atoms with van der Waals surface area (Å²) in [5, 5.41) is 11.1. The average Bonchev–Trinajstić information content (AvgIpc) is 3.33. The van der Waals surface area contributed by atoms with E-state index in [4.69, 9.17) is 4.52 Å². The molecule has 0 aliphatic heterocycles. The lowest BCUT2D eigenvalue weighted by Gasteiger charge is -2.18. The molecule has 4 rings (SSSR count). The summed E-state index contributed by atoms with van der Waals surface area (Å²) in [7, 11) is 0. The smallest absolute Gasteiger partial charge is 0.338 e. The number of thioether (sulfide) groups is 1. The van der Waals surface area contributed by atoms with E-state index in [9.17, 15) is 4.79 Å². The molecule has 0 unspecified atom stereocenters. The lowest BCUT2D eigenvalue weighted by molar-refractivity contribution is 0.391. The topological polar surface area (TPSA) is 102 Å². The number of nitrogens with zero attached hydrogens (tertiary/aromatic N) is 5. The molecule has 9 heteroatoms. The maximum Gasteiger partial charge on any atom is 0.348 e. The van der Waals surface area contributed by atoms with Gasteiger partial charge >= 0.3 is 5.69 Å². The van der Waals surface area contributed by atoms with E-state index in [0.717, 1.165) is 5.56 Å². The van der Waals surface area contributed by atoms with Crippen LogP contribution in [0.1, 0.15) is 32.2 Å². The van der Waals surface area contributed by atoms with Crippen LogP contribution in [0.3, 0.4) is 0 Å². The van der Waals surface area contributed by atoms with E-state index < -0.39 is 0 Å². The molecule has 1 aromatic carbocycles. The number of benzene rings is 1. The quantitative estimate of drug-likeness (QED) is 0.503. The van der Waals surface area contributed by atoms with Gasteiger partial charge in [0.25, 0.3) is 0 Å². The fourth-order valence-corrected chi connectivity index (χ4v) is 3.57. The van der Waals surface area contributed by atoms with Crippen LogP contribution in [0.2, 0.25) is 0 Å². The third kappa shape index (κ3) is 4.14. The molecule has 0 aliphatic rings. The second kappa shape index (κ2) is 7.67. The second-order valence-electron chi connectivity index (χ2n) is 7.49. The van der Waals surface area contributed by atoms with Crippen LogP contribution in [0, 0.1) is 0 Å². The summed E-state index contributed by atoms with van der Waals surface area (Å²) in [6.45, 7) is 6.52. The normalized spacial score (nSPS) is 11.7. The van der Waals surface area contributed by atoms with Gasteiger partial charge in [0.2, 0.25) is 11.7 Å². The zero-order valence-electron chi connectivity index (χ0n) is 16.3. The highest BCUT2D eigenvalue weighted by Gasteiger charge is 2.16. The third-order valence-electron chi connectivity index (χ3n) is 4.35. The van der Waals surface area contributed by atoms with Crippen molar-refractivity contribution in [3.05, 3.63) is 70.7 Å². The molecule has 1 N–H and O–H groups in total. The van der Waals surface area contributed by atoms with Crippen LogP contribution in [-0.4, -0.2) is 29.9 Å². The van der Waals surface area contributed by atoms with Gasteiger partial charge in [0.15, 0.2) is 5.16 Å². The van der Waals surface area contributed by atoms with E-state index in [-0.39, 0.29) is 11.1 Å². The van der Waals surface area contributed by atoms with Crippen molar-refractivity contribution in [1.29, 1.82) is 0 Å². The van der Waals surface area contributed by atoms with E-state index in [1.165, 1.54) is 21.9 Å². The van der Waals surface area contributed by atoms with Crippen LogP contribution in [0.4, 0.5) is 0 Å². The highest BCUT2D eigenvalue weighted by atomic mass is 32.2. The summed E-state index contributed by atoms with van der Waals surface area (Å²) >= 11 is 1.33. The van der Waals surface area contributed by atoms with Gasteiger partial charge in [0.05, 0.1) is 17.6 Å². The van der Waals surface area contributed by atoms with Crippen molar-refractivity contribution in [2.75, 3.05) is 0 Å². The fourth-order valence-electron chi connectivity index (χ4n) is 2.77. The number of aromatic nitrogens is 6. The summed E-state index contributed by atoms with van der Waals surface area (Å²) in [5.41, 5.74) is 2.53. The second-order valence-corrected chi connectivity index (χ2v) is 8.43. The van der Waals surface area contributed by atoms with Crippen LogP contribution in [-0.2, 0) is 11.2 Å². The lowest BCUT2D eigenvalue weighted by atomic mass is 9.87. The molecule has 0 radical (unpaired) electrons. The van der Waals surface area contributed by atoms with Gasteiger partial charge in [-0.2, -0.15) is 4.98 Å². The van der Waals surface area contributed by atoms with Crippen molar-refractivity contribution >= 4 is 11.8 Å². The molecule has 148 valence electrons. The highest BCUT2D eigenvalue weighted by molar-refractivity contribution is 7.98. The van der Waals surface area contributed by atoms with Crippen LogP contribution in [0.15, 0.2) is 63.3 Å². The highest BCUT2D eigenvalue weighted by Crippen LogP contribution is 2.26. The molecule has 4 aromatic rings. The molecule has 3 heterocycles. The van der Waals surface area contributed by atoms with E-state index in [1.807, 2.05) is 12.1 Å². The minimum Gasteiger partial charge on any atom is -0.338 e. The first kappa shape index (κ1) is 19.1. The van der Waals surface area contributed by atoms with Gasteiger partial charge in [-0.3, -0.25) is 4.98 Å². The van der Waals surface area contributed by atoms with Crippen molar-refractivity contribution in [2.45, 2.75) is 37.1 Å². The summed E-state index contributed by atoms with van der Waals surface area (Å²) in [4.78, 5) is 20.6. The Balaban J connectivity index is 1.49. The molecular formula is C20H20N6O2S. The monoisotopic (exact) mass is 408 g/mol. The minimum absolute atomic E-state index is 0.0885. The van der Waals surface area contributed by atoms with Crippen molar-refractivity contribution in [3.8, 4) is 17.1 Å². The van der Waals surface area contributed by atoms with Crippen molar-refractivity contribution in [1.82, 2.24) is 29.9 Å². The van der Waals surface area contributed by atoms with Crippen LogP contribution >= 0.6 is 11.8 Å². The van der Waals surface area contributed by atoms with Crippen LogP contribution < -0.4 is 5.69 Å². The van der Waals surface area contributed by atoms with Gasteiger partial charge in [-0.25, -0.2) is 14.5 Å². The van der Waals surface area contributed by atoms with Gasteiger partial charge in [0.1, 0.15) is 0 Å². The molecule has 0 atom stereocenters. The molecule has 0 amide bonds. The maximum absolute atomic E-state index is 12.1. The Morgan fingerprint density at radius 1 is 1.17 bits per heavy atom. The fraction of sp³-hybridized carbons (Fsp3) is 0.250. The number of H-pyrrole nitrogens is 1. The van der Waals surface area contributed by atoms with Crippen molar-refractivity contribution < 1.29 is 4.52 Å². The largest absolute Gasteiger partial charge is 0.348 e. The van der Waals surface area contributed by atoms with Gasteiger partial charge in [-0.15, -0.1) is 5.10 Å². The first-order chi connectivity index (χ1) is 13.9. The van der Waals surface area contributed by atoms with Gasteiger partial charge in [-0.1, -0.05) is 62.0 Å². The lowest BCUT2D eigenvalue weighted by Crippen LogP contribution is -2.15. The molecule has 8 nitrogen and oxygen atoms in total. The van der Waals surface area contributed by atoms with Gasteiger partial charge in [0, 0.05) is 11.8 Å². The Hall–Kier alpha value is -3.20. The standard InChI is InChI=1S/C20H20N6O2S/c1-20(2,3)14-8-6-13(7-9-14)17-22-16(28-25-17)12-29-19-24-23-18(27)26(19)15-5-4-10-21-11-15/h4-11H,12H2,1-3H3,(H,23,27). The summed E-state index contributed by atoms with van der Waals surface area (Å²) < 4.78 is 6.83. The Morgan fingerprint density at radius 2 is 1.97 bits per heavy atom. The number of hydrogen-bond donors (Lipinski definition) is 1. The molecule has 0 aliphatic carbocycles. The van der Waals surface area contributed by atoms with E-state index in [2.05, 4.69) is 58.2 Å². The van der Waals surface area contributed by atoms with Crippen molar-refractivity contribution in [2.24, 2.45) is 0 Å². The zero-order chi connectivity index (χ0) is 20.4. The number of aromatic amines is 1.